The van der Waals surface area contributed by atoms with E-state index >= 15 is 0 Å². The third-order valence-corrected chi connectivity index (χ3v) is 3.15. The molecule has 1 aromatic carbocycles. The van der Waals surface area contributed by atoms with Gasteiger partial charge in [0.25, 0.3) is 0 Å². The van der Waals surface area contributed by atoms with Crippen LogP contribution in [0.1, 0.15) is 11.5 Å². The smallest absolute Gasteiger partial charge is 0.0514 e. The third kappa shape index (κ3) is 1.01. The molecule has 72 valence electrons. The minimum Gasteiger partial charge on any atom is -0.350 e. The van der Waals surface area contributed by atoms with E-state index < -0.39 is 0 Å². The molecular formula is C12H14N2. The van der Waals surface area contributed by atoms with Crippen molar-refractivity contribution in [3.63, 3.8) is 0 Å². The molecule has 1 aliphatic rings. The lowest BCUT2D eigenvalue weighted by Gasteiger charge is -2.28. The van der Waals surface area contributed by atoms with Gasteiger partial charge in [0.05, 0.1) is 5.52 Å². The van der Waals surface area contributed by atoms with Crippen molar-refractivity contribution in [2.75, 3.05) is 13.1 Å². The molecule has 0 atom stereocenters. The number of fused-ring (bicyclic) bond motifs is 1. The molecular weight excluding hydrogens is 172 g/mol. The molecule has 2 nitrogen and oxygen atoms in total. The van der Waals surface area contributed by atoms with E-state index in [9.17, 15) is 0 Å². The number of aromatic nitrogens is 1. The first kappa shape index (κ1) is 8.06. The predicted octanol–water partition coefficient (Wildman–Crippen LogP) is 1.87. The van der Waals surface area contributed by atoms with Crippen molar-refractivity contribution in [2.45, 2.75) is 5.92 Å². The Bertz CT molecular complexity index is 466. The molecule has 1 aliphatic heterocycles. The molecule has 0 spiro atoms. The highest BCUT2D eigenvalue weighted by atomic mass is 15.0. The van der Waals surface area contributed by atoms with Gasteiger partial charge in [-0.1, -0.05) is 18.2 Å². The van der Waals surface area contributed by atoms with E-state index in [1.807, 2.05) is 0 Å². The molecule has 1 saturated heterocycles. The number of benzene rings is 1. The maximum Gasteiger partial charge on any atom is 0.0514 e. The van der Waals surface area contributed by atoms with Gasteiger partial charge in [0, 0.05) is 32.3 Å². The van der Waals surface area contributed by atoms with Crippen molar-refractivity contribution >= 4 is 10.9 Å². The number of hydrogen-bond donors (Lipinski definition) is 1. The van der Waals surface area contributed by atoms with Crippen LogP contribution < -0.4 is 5.32 Å². The highest BCUT2D eigenvalue weighted by Gasteiger charge is 2.21. The Balaban J connectivity index is 2.25. The first-order valence-electron chi connectivity index (χ1n) is 5.11. The van der Waals surface area contributed by atoms with E-state index in [-0.39, 0.29) is 0 Å². The van der Waals surface area contributed by atoms with Crippen LogP contribution in [-0.2, 0) is 7.05 Å². The molecule has 2 aromatic rings. The Kier molecular flexibility index (Phi) is 1.64. The van der Waals surface area contributed by atoms with E-state index in [0.29, 0.717) is 5.92 Å². The number of rotatable bonds is 1. The minimum absolute atomic E-state index is 0.715. The molecule has 14 heavy (non-hydrogen) atoms. The standard InChI is InChI=1S/C12H14N2/c1-14-6-5-9-3-2-4-11(12(9)14)10-7-13-8-10/h2-6,10,13H,7-8H2,1H3. The van der Waals surface area contributed by atoms with Gasteiger partial charge < -0.3 is 9.88 Å². The van der Waals surface area contributed by atoms with Crippen LogP contribution in [0.4, 0.5) is 0 Å². The van der Waals surface area contributed by atoms with Crippen molar-refractivity contribution < 1.29 is 0 Å². The fourth-order valence-electron chi connectivity index (χ4n) is 2.23. The maximum atomic E-state index is 3.33. The van der Waals surface area contributed by atoms with Gasteiger partial charge in [-0.15, -0.1) is 0 Å². The summed E-state index contributed by atoms with van der Waals surface area (Å²) in [6.45, 7) is 2.26. The second-order valence-electron chi connectivity index (χ2n) is 4.07. The molecule has 2 heterocycles. The zero-order chi connectivity index (χ0) is 9.54. The highest BCUT2D eigenvalue weighted by molar-refractivity contribution is 5.84. The fraction of sp³-hybridized carbons (Fsp3) is 0.333. The number of para-hydroxylation sites is 1. The zero-order valence-electron chi connectivity index (χ0n) is 8.33. The van der Waals surface area contributed by atoms with Crippen LogP contribution in [0.15, 0.2) is 30.5 Å². The SMILES string of the molecule is Cn1ccc2cccc(C3CNC3)c21. The highest BCUT2D eigenvalue weighted by Crippen LogP contribution is 2.28. The summed E-state index contributed by atoms with van der Waals surface area (Å²) in [4.78, 5) is 0. The molecule has 0 aliphatic carbocycles. The van der Waals surface area contributed by atoms with Gasteiger partial charge in [-0.3, -0.25) is 0 Å². The summed E-state index contributed by atoms with van der Waals surface area (Å²) in [5.41, 5.74) is 2.90. The molecule has 0 saturated carbocycles. The number of nitrogens with zero attached hydrogens (tertiary/aromatic N) is 1. The van der Waals surface area contributed by atoms with E-state index in [1.165, 1.54) is 16.5 Å². The first-order chi connectivity index (χ1) is 6.86. The van der Waals surface area contributed by atoms with Crippen molar-refractivity contribution in [1.82, 2.24) is 9.88 Å². The third-order valence-electron chi connectivity index (χ3n) is 3.15. The van der Waals surface area contributed by atoms with Crippen molar-refractivity contribution in [3.05, 3.63) is 36.0 Å². The average molecular weight is 186 g/mol. The van der Waals surface area contributed by atoms with Gasteiger partial charge in [-0.05, 0) is 17.0 Å². The van der Waals surface area contributed by atoms with Crippen LogP contribution in [0.3, 0.4) is 0 Å². The Morgan fingerprint density at radius 3 is 2.86 bits per heavy atom. The second-order valence-corrected chi connectivity index (χ2v) is 4.07. The lowest BCUT2D eigenvalue weighted by molar-refractivity contribution is 0.450. The van der Waals surface area contributed by atoms with Gasteiger partial charge >= 0.3 is 0 Å². The van der Waals surface area contributed by atoms with Crippen LogP contribution in [0, 0.1) is 0 Å². The largest absolute Gasteiger partial charge is 0.350 e. The van der Waals surface area contributed by atoms with Gasteiger partial charge in [-0.2, -0.15) is 0 Å². The van der Waals surface area contributed by atoms with Crippen LogP contribution in [0.5, 0.6) is 0 Å². The number of hydrogen-bond acceptors (Lipinski definition) is 1. The monoisotopic (exact) mass is 186 g/mol. The zero-order valence-corrected chi connectivity index (χ0v) is 8.33. The maximum absolute atomic E-state index is 3.33. The Morgan fingerprint density at radius 2 is 2.14 bits per heavy atom. The predicted molar refractivity (Wildman–Crippen MR) is 58.5 cm³/mol. The lowest BCUT2D eigenvalue weighted by Crippen LogP contribution is -2.40. The Morgan fingerprint density at radius 1 is 1.29 bits per heavy atom. The molecule has 1 fully saturated rings. The van der Waals surface area contributed by atoms with Crippen LogP contribution >= 0.6 is 0 Å². The summed E-state index contributed by atoms with van der Waals surface area (Å²) in [5, 5.41) is 4.69. The van der Waals surface area contributed by atoms with Crippen LogP contribution in [-0.4, -0.2) is 17.7 Å². The molecule has 1 N–H and O–H groups in total. The molecule has 3 rings (SSSR count). The van der Waals surface area contributed by atoms with Gasteiger partial charge in [0.1, 0.15) is 0 Å². The van der Waals surface area contributed by atoms with E-state index in [1.54, 1.807) is 0 Å². The van der Waals surface area contributed by atoms with E-state index in [4.69, 9.17) is 0 Å². The first-order valence-corrected chi connectivity index (χ1v) is 5.11. The average Bonchev–Trinajstić information content (AvgIpc) is 2.46. The van der Waals surface area contributed by atoms with Crippen molar-refractivity contribution in [3.8, 4) is 0 Å². The Labute approximate surface area is 83.5 Å². The van der Waals surface area contributed by atoms with Gasteiger partial charge in [0.15, 0.2) is 0 Å². The quantitative estimate of drug-likeness (QED) is 0.719. The molecule has 0 unspecified atom stereocenters. The summed E-state index contributed by atoms with van der Waals surface area (Å²) in [5.74, 6) is 0.715. The summed E-state index contributed by atoms with van der Waals surface area (Å²) in [7, 11) is 2.12. The van der Waals surface area contributed by atoms with E-state index in [2.05, 4.69) is 47.4 Å². The molecule has 1 aromatic heterocycles. The lowest BCUT2D eigenvalue weighted by atomic mass is 9.92. The summed E-state index contributed by atoms with van der Waals surface area (Å²) in [6.07, 6.45) is 2.14. The number of aryl methyl sites for hydroxylation is 1. The topological polar surface area (TPSA) is 17.0 Å². The summed E-state index contributed by atoms with van der Waals surface area (Å²) in [6, 6.07) is 8.79. The minimum atomic E-state index is 0.715. The number of nitrogens with one attached hydrogen (secondary N) is 1. The van der Waals surface area contributed by atoms with Crippen LogP contribution in [0.2, 0.25) is 0 Å². The van der Waals surface area contributed by atoms with Crippen LogP contribution in [0.25, 0.3) is 10.9 Å². The molecule has 2 heteroatoms. The second kappa shape index (κ2) is 2.85. The molecule has 0 amide bonds. The van der Waals surface area contributed by atoms with Gasteiger partial charge in [-0.25, -0.2) is 0 Å². The Hall–Kier alpha value is -1.28. The van der Waals surface area contributed by atoms with Crippen molar-refractivity contribution in [1.29, 1.82) is 0 Å². The normalized spacial score (nSPS) is 17.2. The fourth-order valence-corrected chi connectivity index (χ4v) is 2.23. The summed E-state index contributed by atoms with van der Waals surface area (Å²) < 4.78 is 2.23. The van der Waals surface area contributed by atoms with Crippen molar-refractivity contribution in [2.24, 2.45) is 7.05 Å². The summed E-state index contributed by atoms with van der Waals surface area (Å²) >= 11 is 0. The molecule has 0 bridgehead atoms. The van der Waals surface area contributed by atoms with Gasteiger partial charge in [0.2, 0.25) is 0 Å². The molecule has 0 radical (unpaired) electrons. The van der Waals surface area contributed by atoms with E-state index in [0.717, 1.165) is 13.1 Å².